The highest BCUT2D eigenvalue weighted by atomic mass is 16.5. The van der Waals surface area contributed by atoms with Crippen LogP contribution in [-0.4, -0.2) is 52.0 Å². The fraction of sp³-hybridized carbons (Fsp3) is 0.364. The summed E-state index contributed by atoms with van der Waals surface area (Å²) < 4.78 is 16.4. The van der Waals surface area contributed by atoms with Crippen LogP contribution in [0.1, 0.15) is 40.3 Å². The quantitative estimate of drug-likeness (QED) is 0.573. The van der Waals surface area contributed by atoms with Crippen molar-refractivity contribution in [2.24, 2.45) is 0 Å². The number of hydrogen-bond donors (Lipinski definition) is 0. The molecule has 3 aromatic rings. The summed E-state index contributed by atoms with van der Waals surface area (Å²) in [5, 5.41) is 13.0. The predicted octanol–water partition coefficient (Wildman–Crippen LogP) is 2.63. The maximum atomic E-state index is 13.0. The van der Waals surface area contributed by atoms with Gasteiger partial charge in [-0.25, -0.2) is 0 Å². The molecule has 1 aliphatic heterocycles. The van der Waals surface area contributed by atoms with E-state index in [1.807, 2.05) is 6.92 Å². The number of carbonyl (C=O) groups excluding carboxylic acids is 1. The molecule has 1 amide bonds. The monoisotopic (exact) mass is 421 g/mol. The first-order valence-electron chi connectivity index (χ1n) is 10.2. The van der Waals surface area contributed by atoms with Crippen LogP contribution in [0.15, 0.2) is 45.5 Å². The number of furan rings is 1. The van der Waals surface area contributed by atoms with E-state index < -0.39 is 0 Å². The van der Waals surface area contributed by atoms with E-state index in [4.69, 9.17) is 18.9 Å². The Morgan fingerprint density at radius 2 is 2.10 bits per heavy atom. The Kier molecular flexibility index (Phi) is 6.29. The second kappa shape index (κ2) is 9.45. The van der Waals surface area contributed by atoms with Crippen molar-refractivity contribution in [3.8, 4) is 11.8 Å². The summed E-state index contributed by atoms with van der Waals surface area (Å²) in [5.74, 6) is 2.01. The lowest BCUT2D eigenvalue weighted by Crippen LogP contribution is -2.48. The van der Waals surface area contributed by atoms with Crippen molar-refractivity contribution in [1.29, 1.82) is 5.26 Å². The number of nitriles is 1. The van der Waals surface area contributed by atoms with Crippen molar-refractivity contribution in [2.75, 3.05) is 26.2 Å². The summed E-state index contributed by atoms with van der Waals surface area (Å²) in [6.07, 6.45) is 2.21. The Hall–Kier alpha value is -3.64. The Morgan fingerprint density at radius 3 is 2.84 bits per heavy atom. The molecule has 0 N–H and O–H groups in total. The number of rotatable bonds is 7. The Morgan fingerprint density at radius 1 is 1.26 bits per heavy atom. The minimum Gasteiger partial charge on any atom is -0.489 e. The van der Waals surface area contributed by atoms with Crippen molar-refractivity contribution in [1.82, 2.24) is 19.9 Å². The Bertz CT molecular complexity index is 1080. The van der Waals surface area contributed by atoms with E-state index in [-0.39, 0.29) is 18.3 Å². The Balaban J connectivity index is 1.32. The number of aryl methyl sites for hydroxylation is 1. The number of benzene rings is 1. The summed E-state index contributed by atoms with van der Waals surface area (Å²) in [7, 11) is 0. The lowest BCUT2D eigenvalue weighted by atomic mass is 10.2. The number of aromatic nitrogens is 2. The van der Waals surface area contributed by atoms with Crippen LogP contribution in [0, 0.1) is 11.3 Å². The molecule has 9 nitrogen and oxygen atoms in total. The molecule has 0 atom stereocenters. The van der Waals surface area contributed by atoms with Gasteiger partial charge in [-0.2, -0.15) is 10.2 Å². The zero-order chi connectivity index (χ0) is 21.6. The third-order valence-corrected chi connectivity index (χ3v) is 5.14. The zero-order valence-corrected chi connectivity index (χ0v) is 17.3. The Labute approximate surface area is 179 Å². The number of amides is 1. The number of ether oxygens (including phenoxy) is 1. The molecular weight excluding hydrogens is 398 g/mol. The van der Waals surface area contributed by atoms with Gasteiger partial charge >= 0.3 is 0 Å². The molecule has 1 aromatic carbocycles. The minimum atomic E-state index is -0.151. The molecule has 0 unspecified atom stereocenters. The summed E-state index contributed by atoms with van der Waals surface area (Å²) in [5.41, 5.74) is 1.19. The molecule has 4 rings (SSSR count). The van der Waals surface area contributed by atoms with Crippen LogP contribution < -0.4 is 4.74 Å². The highest BCUT2D eigenvalue weighted by molar-refractivity contribution is 5.93. The summed E-state index contributed by atoms with van der Waals surface area (Å²) in [6, 6.07) is 10.7. The first-order valence-corrected chi connectivity index (χ1v) is 10.2. The predicted molar refractivity (Wildman–Crippen MR) is 109 cm³/mol. The molecule has 0 radical (unpaired) electrons. The van der Waals surface area contributed by atoms with E-state index in [9.17, 15) is 4.79 Å². The molecule has 0 saturated carbocycles. The van der Waals surface area contributed by atoms with E-state index in [0.29, 0.717) is 54.6 Å². The number of piperazine rings is 1. The molecule has 31 heavy (non-hydrogen) atoms. The summed E-state index contributed by atoms with van der Waals surface area (Å²) >= 11 is 0. The molecule has 3 heterocycles. The first kappa shape index (κ1) is 20.6. The van der Waals surface area contributed by atoms with E-state index in [2.05, 4.69) is 21.1 Å². The van der Waals surface area contributed by atoms with E-state index in [1.54, 1.807) is 35.2 Å². The van der Waals surface area contributed by atoms with Gasteiger partial charge in [-0.15, -0.1) is 0 Å². The van der Waals surface area contributed by atoms with Gasteiger partial charge in [0.1, 0.15) is 12.4 Å². The highest BCUT2D eigenvalue weighted by Gasteiger charge is 2.26. The van der Waals surface area contributed by atoms with Crippen molar-refractivity contribution in [3.63, 3.8) is 0 Å². The molecule has 0 spiro atoms. The van der Waals surface area contributed by atoms with Gasteiger partial charge in [0.25, 0.3) is 5.91 Å². The highest BCUT2D eigenvalue weighted by Crippen LogP contribution is 2.19. The SMILES string of the molecule is CCc1nc(CN2CCN(C(=O)c3occc3COc3cccc(C#N)c3)CC2)no1. The second-order valence-electron chi connectivity index (χ2n) is 7.23. The van der Waals surface area contributed by atoms with Crippen LogP contribution in [0.3, 0.4) is 0 Å². The molecule has 1 saturated heterocycles. The number of nitrogens with zero attached hydrogens (tertiary/aromatic N) is 5. The molecule has 1 fully saturated rings. The van der Waals surface area contributed by atoms with E-state index in [0.717, 1.165) is 13.1 Å². The van der Waals surface area contributed by atoms with Gasteiger partial charge in [0.05, 0.1) is 24.4 Å². The topological polar surface area (TPSA) is 109 Å². The van der Waals surface area contributed by atoms with Crippen molar-refractivity contribution >= 4 is 5.91 Å². The first-order chi connectivity index (χ1) is 15.2. The third kappa shape index (κ3) is 4.92. The van der Waals surface area contributed by atoms with E-state index >= 15 is 0 Å². The molecule has 1 aliphatic rings. The fourth-order valence-electron chi connectivity index (χ4n) is 3.40. The standard InChI is InChI=1S/C22H23N5O4/c1-2-20-24-19(25-31-20)14-26-7-9-27(10-8-26)22(28)21-17(6-11-29-21)15-30-18-5-3-4-16(12-18)13-23/h3-6,11-12H,2,7-10,14-15H2,1H3. The molecule has 0 aliphatic carbocycles. The van der Waals surface area contributed by atoms with Gasteiger partial charge in [0, 0.05) is 38.2 Å². The number of hydrogen-bond acceptors (Lipinski definition) is 8. The summed E-state index contributed by atoms with van der Waals surface area (Å²) in [4.78, 5) is 21.3. The maximum absolute atomic E-state index is 13.0. The molecule has 2 aromatic heterocycles. The van der Waals surface area contributed by atoms with Crippen LogP contribution >= 0.6 is 0 Å². The van der Waals surface area contributed by atoms with Crippen LogP contribution in [0.4, 0.5) is 0 Å². The van der Waals surface area contributed by atoms with Gasteiger partial charge < -0.3 is 18.6 Å². The van der Waals surface area contributed by atoms with E-state index in [1.165, 1.54) is 6.26 Å². The van der Waals surface area contributed by atoms with Crippen molar-refractivity contribution in [3.05, 3.63) is 65.2 Å². The number of carbonyl (C=O) groups is 1. The second-order valence-corrected chi connectivity index (χ2v) is 7.23. The van der Waals surface area contributed by atoms with Gasteiger partial charge in [-0.3, -0.25) is 9.69 Å². The summed E-state index contributed by atoms with van der Waals surface area (Å²) in [6.45, 7) is 5.37. The van der Waals surface area contributed by atoms with Gasteiger partial charge in [-0.1, -0.05) is 18.1 Å². The average molecular weight is 421 g/mol. The zero-order valence-electron chi connectivity index (χ0n) is 17.3. The van der Waals surface area contributed by atoms with Crippen molar-refractivity contribution < 1.29 is 18.5 Å². The van der Waals surface area contributed by atoms with Crippen LogP contribution in [0.2, 0.25) is 0 Å². The van der Waals surface area contributed by atoms with Crippen LogP contribution in [-0.2, 0) is 19.6 Å². The third-order valence-electron chi connectivity index (χ3n) is 5.14. The van der Waals surface area contributed by atoms with Crippen LogP contribution in [0.25, 0.3) is 0 Å². The maximum Gasteiger partial charge on any atom is 0.290 e. The van der Waals surface area contributed by atoms with Crippen LogP contribution in [0.5, 0.6) is 5.75 Å². The van der Waals surface area contributed by atoms with Gasteiger partial charge in [-0.05, 0) is 24.3 Å². The molecule has 0 bridgehead atoms. The van der Waals surface area contributed by atoms with Crippen molar-refractivity contribution in [2.45, 2.75) is 26.5 Å². The minimum absolute atomic E-state index is 0.151. The average Bonchev–Trinajstić information content (AvgIpc) is 3.47. The molecular formula is C22H23N5O4. The molecule has 9 heteroatoms. The lowest BCUT2D eigenvalue weighted by molar-refractivity contribution is 0.0590. The smallest absolute Gasteiger partial charge is 0.290 e. The van der Waals surface area contributed by atoms with Gasteiger partial charge in [0.2, 0.25) is 5.89 Å². The normalized spacial score (nSPS) is 14.4. The van der Waals surface area contributed by atoms with Gasteiger partial charge in [0.15, 0.2) is 11.6 Å². The molecule has 160 valence electrons. The largest absolute Gasteiger partial charge is 0.489 e. The fourth-order valence-corrected chi connectivity index (χ4v) is 3.40. The lowest BCUT2D eigenvalue weighted by Gasteiger charge is -2.33.